The summed E-state index contributed by atoms with van der Waals surface area (Å²) in [5.41, 5.74) is 2.39. The van der Waals surface area contributed by atoms with E-state index in [-0.39, 0.29) is 0 Å². The van der Waals surface area contributed by atoms with E-state index in [1.54, 1.807) is 4.31 Å². The lowest BCUT2D eigenvalue weighted by molar-refractivity contribution is 0.387. The van der Waals surface area contributed by atoms with Gasteiger partial charge in [0.2, 0.25) is 10.0 Å². The van der Waals surface area contributed by atoms with Crippen molar-refractivity contribution in [3.63, 3.8) is 0 Å². The van der Waals surface area contributed by atoms with Crippen molar-refractivity contribution in [3.05, 3.63) is 28.2 Å². The molecular weight excluding hydrogens is 342 g/mol. The van der Waals surface area contributed by atoms with E-state index in [2.05, 4.69) is 38.3 Å². The molecule has 0 saturated carbocycles. The lowest BCUT2D eigenvalue weighted by Crippen LogP contribution is -2.48. The Bertz CT molecular complexity index is 569. The van der Waals surface area contributed by atoms with Crippen molar-refractivity contribution in [2.45, 2.75) is 6.54 Å². The molecule has 1 fully saturated rings. The number of nitrogens with zero attached hydrogens (tertiary/aromatic N) is 2. The van der Waals surface area contributed by atoms with Crippen LogP contribution in [0.2, 0.25) is 0 Å². The fourth-order valence-corrected chi connectivity index (χ4v) is 3.61. The maximum atomic E-state index is 11.5. The van der Waals surface area contributed by atoms with Crippen molar-refractivity contribution < 1.29 is 8.42 Å². The third-order valence-electron chi connectivity index (χ3n) is 3.46. The Morgan fingerprint density at radius 3 is 2.45 bits per heavy atom. The molecule has 2 rings (SSSR count). The number of benzene rings is 1. The number of rotatable bonds is 4. The Morgan fingerprint density at radius 1 is 1.25 bits per heavy atom. The van der Waals surface area contributed by atoms with Crippen LogP contribution in [-0.4, -0.2) is 52.2 Å². The highest BCUT2D eigenvalue weighted by molar-refractivity contribution is 9.10. The topological polar surface area (TPSA) is 52.6 Å². The highest BCUT2D eigenvalue weighted by atomic mass is 79.9. The molecule has 0 radical (unpaired) electrons. The number of piperazine rings is 1. The van der Waals surface area contributed by atoms with Crippen LogP contribution in [-0.2, 0) is 16.6 Å². The zero-order chi connectivity index (χ0) is 14.8. The molecule has 1 N–H and O–H groups in total. The van der Waals surface area contributed by atoms with Crippen LogP contribution < -0.4 is 10.2 Å². The molecule has 0 atom stereocenters. The normalized spacial score (nSPS) is 17.4. The predicted octanol–water partition coefficient (Wildman–Crippen LogP) is 1.25. The largest absolute Gasteiger partial charge is 0.369 e. The minimum atomic E-state index is -3.07. The van der Waals surface area contributed by atoms with Crippen LogP contribution in [0.3, 0.4) is 0 Å². The summed E-state index contributed by atoms with van der Waals surface area (Å²) in [4.78, 5) is 2.25. The van der Waals surface area contributed by atoms with Crippen molar-refractivity contribution in [1.82, 2.24) is 9.62 Å². The lowest BCUT2D eigenvalue weighted by atomic mass is 10.1. The molecule has 20 heavy (non-hydrogen) atoms. The Labute approximate surface area is 129 Å². The summed E-state index contributed by atoms with van der Waals surface area (Å²) >= 11 is 3.50. The fourth-order valence-electron chi connectivity index (χ4n) is 2.43. The molecular formula is C13H20BrN3O2S. The van der Waals surface area contributed by atoms with Gasteiger partial charge in [-0.25, -0.2) is 8.42 Å². The van der Waals surface area contributed by atoms with Crippen LogP contribution in [0.15, 0.2) is 22.7 Å². The molecule has 0 unspecified atom stereocenters. The average molecular weight is 362 g/mol. The minimum absolute atomic E-state index is 0.546. The van der Waals surface area contributed by atoms with Gasteiger partial charge in [0.05, 0.1) is 6.26 Å². The zero-order valence-corrected chi connectivity index (χ0v) is 14.2. The van der Waals surface area contributed by atoms with Crippen LogP contribution in [0.4, 0.5) is 5.69 Å². The van der Waals surface area contributed by atoms with E-state index in [0.29, 0.717) is 13.1 Å². The summed E-state index contributed by atoms with van der Waals surface area (Å²) in [5.74, 6) is 0. The van der Waals surface area contributed by atoms with E-state index in [1.807, 2.05) is 13.1 Å². The number of hydrogen-bond acceptors (Lipinski definition) is 4. The SMILES string of the molecule is CNCc1ccc(Br)cc1N1CCN(S(C)(=O)=O)CC1. The molecule has 1 aliphatic heterocycles. The molecule has 1 saturated heterocycles. The maximum Gasteiger partial charge on any atom is 0.211 e. The van der Waals surface area contributed by atoms with Gasteiger partial charge in [0, 0.05) is 42.9 Å². The van der Waals surface area contributed by atoms with E-state index < -0.39 is 10.0 Å². The van der Waals surface area contributed by atoms with Gasteiger partial charge in [-0.05, 0) is 24.7 Å². The molecule has 0 aliphatic carbocycles. The van der Waals surface area contributed by atoms with E-state index in [1.165, 1.54) is 17.5 Å². The van der Waals surface area contributed by atoms with Gasteiger partial charge >= 0.3 is 0 Å². The molecule has 1 aromatic rings. The van der Waals surface area contributed by atoms with Crippen molar-refractivity contribution in [1.29, 1.82) is 0 Å². The quantitative estimate of drug-likeness (QED) is 0.876. The van der Waals surface area contributed by atoms with Gasteiger partial charge in [0.25, 0.3) is 0 Å². The summed E-state index contributed by atoms with van der Waals surface area (Å²) in [6.07, 6.45) is 1.27. The number of anilines is 1. The van der Waals surface area contributed by atoms with Gasteiger partial charge in [0.1, 0.15) is 0 Å². The Morgan fingerprint density at radius 2 is 1.90 bits per heavy atom. The molecule has 0 aromatic heterocycles. The zero-order valence-electron chi connectivity index (χ0n) is 11.8. The van der Waals surface area contributed by atoms with Gasteiger partial charge in [-0.15, -0.1) is 0 Å². The number of nitrogens with one attached hydrogen (secondary N) is 1. The van der Waals surface area contributed by atoms with Gasteiger partial charge in [-0.1, -0.05) is 22.0 Å². The Hall–Kier alpha value is -0.630. The van der Waals surface area contributed by atoms with Crippen molar-refractivity contribution >= 4 is 31.6 Å². The number of halogens is 1. The first-order valence-corrected chi connectivity index (χ1v) is 9.19. The van der Waals surface area contributed by atoms with E-state index in [9.17, 15) is 8.42 Å². The molecule has 112 valence electrons. The van der Waals surface area contributed by atoms with Gasteiger partial charge in [0.15, 0.2) is 0 Å². The molecule has 1 heterocycles. The highest BCUT2D eigenvalue weighted by Crippen LogP contribution is 2.26. The standard InChI is InChI=1S/C13H20BrN3O2S/c1-15-10-11-3-4-12(14)9-13(11)16-5-7-17(8-6-16)20(2,18)19/h3-4,9,15H,5-8,10H2,1-2H3. The monoisotopic (exact) mass is 361 g/mol. The molecule has 1 aromatic carbocycles. The molecule has 0 amide bonds. The second-order valence-electron chi connectivity index (χ2n) is 4.95. The highest BCUT2D eigenvalue weighted by Gasteiger charge is 2.24. The summed E-state index contributed by atoms with van der Waals surface area (Å²) < 4.78 is 25.7. The van der Waals surface area contributed by atoms with Crippen LogP contribution in [0.1, 0.15) is 5.56 Å². The summed E-state index contributed by atoms with van der Waals surface area (Å²) in [6.45, 7) is 3.34. The fraction of sp³-hybridized carbons (Fsp3) is 0.538. The maximum absolute atomic E-state index is 11.5. The van der Waals surface area contributed by atoms with E-state index in [0.717, 1.165) is 24.1 Å². The number of hydrogen-bond donors (Lipinski definition) is 1. The second kappa shape index (κ2) is 6.43. The smallest absolute Gasteiger partial charge is 0.211 e. The number of sulfonamides is 1. The molecule has 5 nitrogen and oxygen atoms in total. The van der Waals surface area contributed by atoms with Gasteiger partial charge < -0.3 is 10.2 Å². The van der Waals surface area contributed by atoms with Crippen LogP contribution in [0, 0.1) is 0 Å². The summed E-state index contributed by atoms with van der Waals surface area (Å²) in [6, 6.07) is 6.23. The third-order valence-corrected chi connectivity index (χ3v) is 5.26. The van der Waals surface area contributed by atoms with Crippen molar-refractivity contribution in [2.75, 3.05) is 44.4 Å². The van der Waals surface area contributed by atoms with Crippen LogP contribution in [0.5, 0.6) is 0 Å². The average Bonchev–Trinajstić information content (AvgIpc) is 2.40. The Kier molecular flexibility index (Phi) is 5.06. The van der Waals surface area contributed by atoms with E-state index in [4.69, 9.17) is 0 Å². The lowest BCUT2D eigenvalue weighted by Gasteiger charge is -2.35. The van der Waals surface area contributed by atoms with Crippen molar-refractivity contribution in [3.8, 4) is 0 Å². The van der Waals surface area contributed by atoms with Crippen molar-refractivity contribution in [2.24, 2.45) is 0 Å². The predicted molar refractivity (Wildman–Crippen MR) is 85.5 cm³/mol. The molecule has 7 heteroatoms. The van der Waals surface area contributed by atoms with Gasteiger partial charge in [-0.3, -0.25) is 0 Å². The molecule has 0 bridgehead atoms. The summed E-state index contributed by atoms with van der Waals surface area (Å²) in [7, 11) is -1.15. The van der Waals surface area contributed by atoms with E-state index >= 15 is 0 Å². The molecule has 0 spiro atoms. The first-order valence-electron chi connectivity index (χ1n) is 6.55. The summed E-state index contributed by atoms with van der Waals surface area (Å²) in [5, 5.41) is 3.17. The van der Waals surface area contributed by atoms with Crippen LogP contribution >= 0.6 is 15.9 Å². The van der Waals surface area contributed by atoms with Crippen LogP contribution in [0.25, 0.3) is 0 Å². The molecule has 1 aliphatic rings. The minimum Gasteiger partial charge on any atom is -0.369 e. The second-order valence-corrected chi connectivity index (χ2v) is 7.85. The Balaban J connectivity index is 2.16. The van der Waals surface area contributed by atoms with Gasteiger partial charge in [-0.2, -0.15) is 4.31 Å². The first-order chi connectivity index (χ1) is 9.41. The third kappa shape index (κ3) is 3.72. The first kappa shape index (κ1) is 15.8.